The molecule has 0 atom stereocenters. The van der Waals surface area contributed by atoms with Gasteiger partial charge >= 0.3 is 0 Å². The molecule has 1 aromatic carbocycles. The average Bonchev–Trinajstić information content (AvgIpc) is 3.37. The van der Waals surface area contributed by atoms with E-state index < -0.39 is 0 Å². The quantitative estimate of drug-likeness (QED) is 0.715. The van der Waals surface area contributed by atoms with Crippen molar-refractivity contribution in [1.29, 1.82) is 0 Å². The molecule has 0 saturated heterocycles. The Morgan fingerprint density at radius 2 is 2.00 bits per heavy atom. The molecule has 1 fully saturated rings. The highest BCUT2D eigenvalue weighted by molar-refractivity contribution is 6.07. The second-order valence-electron chi connectivity index (χ2n) is 7.51. The Kier molecular flexibility index (Phi) is 3.35. The molecule has 3 heterocycles. The van der Waals surface area contributed by atoms with Gasteiger partial charge in [0.25, 0.3) is 5.91 Å². The van der Waals surface area contributed by atoms with Crippen LogP contribution in [0.15, 0.2) is 24.5 Å². The molecule has 2 aliphatic rings. The first-order valence-electron chi connectivity index (χ1n) is 9.18. The smallest absolute Gasteiger partial charge is 0.255 e. The summed E-state index contributed by atoms with van der Waals surface area (Å²) in [6, 6.07) is 6.26. The van der Waals surface area contributed by atoms with Crippen molar-refractivity contribution in [2.24, 2.45) is 0 Å². The Balaban J connectivity index is 1.62. The van der Waals surface area contributed by atoms with Crippen molar-refractivity contribution in [3.8, 4) is 0 Å². The van der Waals surface area contributed by atoms with E-state index in [1.807, 2.05) is 15.5 Å². The molecule has 0 spiro atoms. The zero-order valence-corrected chi connectivity index (χ0v) is 15.1. The first-order chi connectivity index (χ1) is 12.6. The molecule has 1 aliphatic heterocycles. The predicted octanol–water partition coefficient (Wildman–Crippen LogP) is 2.98. The van der Waals surface area contributed by atoms with Crippen molar-refractivity contribution in [1.82, 2.24) is 24.6 Å². The number of nitrogens with zero attached hydrogens (tertiary/aromatic N) is 5. The van der Waals surface area contributed by atoms with Gasteiger partial charge in [-0.3, -0.25) is 9.78 Å². The maximum Gasteiger partial charge on any atom is 0.255 e. The van der Waals surface area contributed by atoms with E-state index in [9.17, 15) is 4.79 Å². The number of aryl methyl sites for hydroxylation is 2. The molecule has 2 aromatic heterocycles. The Labute approximate surface area is 151 Å². The number of benzene rings is 1. The van der Waals surface area contributed by atoms with Crippen LogP contribution in [0.2, 0.25) is 0 Å². The topological polar surface area (TPSA) is 63.9 Å². The van der Waals surface area contributed by atoms with E-state index in [1.165, 1.54) is 12.8 Å². The van der Waals surface area contributed by atoms with Crippen LogP contribution >= 0.6 is 0 Å². The van der Waals surface area contributed by atoms with Gasteiger partial charge in [-0.25, -0.2) is 0 Å². The Morgan fingerprint density at radius 1 is 1.15 bits per heavy atom. The van der Waals surface area contributed by atoms with Crippen LogP contribution in [0.3, 0.4) is 0 Å². The van der Waals surface area contributed by atoms with Gasteiger partial charge in [-0.1, -0.05) is 11.6 Å². The van der Waals surface area contributed by atoms with E-state index in [2.05, 4.69) is 36.2 Å². The summed E-state index contributed by atoms with van der Waals surface area (Å²) in [7, 11) is 0. The molecule has 6 nitrogen and oxygen atoms in total. The normalized spacial score (nSPS) is 16.8. The van der Waals surface area contributed by atoms with Gasteiger partial charge in [0.2, 0.25) is 0 Å². The minimum atomic E-state index is 0.0681. The molecular weight excluding hydrogens is 326 g/mol. The van der Waals surface area contributed by atoms with Gasteiger partial charge in [0, 0.05) is 30.1 Å². The van der Waals surface area contributed by atoms with Gasteiger partial charge in [-0.15, -0.1) is 10.2 Å². The summed E-state index contributed by atoms with van der Waals surface area (Å²) < 4.78 is 2.01. The van der Waals surface area contributed by atoms with Crippen LogP contribution in [0.4, 0.5) is 0 Å². The van der Waals surface area contributed by atoms with E-state index in [-0.39, 0.29) is 5.91 Å². The Hall–Kier alpha value is -2.76. The number of carbonyl (C=O) groups excluding carboxylic acids is 1. The standard InChI is InChI=1S/C20H21N5O/c1-12-7-13(2)19-15(8-12)16(9-17(22-19)14-3-4-14)20(26)24-5-6-25-11-21-23-18(25)10-24/h7-9,11,14H,3-6,10H2,1-2H3. The summed E-state index contributed by atoms with van der Waals surface area (Å²) >= 11 is 0. The van der Waals surface area contributed by atoms with Crippen LogP contribution in [0.1, 0.15) is 51.8 Å². The monoisotopic (exact) mass is 347 g/mol. The second kappa shape index (κ2) is 5.62. The zero-order chi connectivity index (χ0) is 17.8. The zero-order valence-electron chi connectivity index (χ0n) is 15.1. The van der Waals surface area contributed by atoms with Gasteiger partial charge < -0.3 is 9.47 Å². The van der Waals surface area contributed by atoms with Crippen molar-refractivity contribution >= 4 is 16.8 Å². The summed E-state index contributed by atoms with van der Waals surface area (Å²) in [5, 5.41) is 9.05. The molecule has 5 rings (SSSR count). The van der Waals surface area contributed by atoms with Crippen molar-refractivity contribution < 1.29 is 4.79 Å². The van der Waals surface area contributed by atoms with Gasteiger partial charge in [0.1, 0.15) is 6.33 Å². The summed E-state index contributed by atoms with van der Waals surface area (Å²) in [6.07, 6.45) is 4.07. The average molecular weight is 347 g/mol. The number of amides is 1. The SMILES string of the molecule is Cc1cc(C)c2nc(C3CC3)cc(C(=O)N3CCn4cnnc4C3)c2c1. The van der Waals surface area contributed by atoms with Gasteiger partial charge in [0.05, 0.1) is 17.6 Å². The maximum atomic E-state index is 13.4. The lowest BCUT2D eigenvalue weighted by Crippen LogP contribution is -2.38. The fourth-order valence-electron chi connectivity index (χ4n) is 3.88. The minimum absolute atomic E-state index is 0.0681. The lowest BCUT2D eigenvalue weighted by Gasteiger charge is -2.27. The molecule has 1 amide bonds. The molecular formula is C20H21N5O. The molecule has 6 heteroatoms. The van der Waals surface area contributed by atoms with Crippen LogP contribution in [0.5, 0.6) is 0 Å². The molecule has 0 N–H and O–H groups in total. The van der Waals surface area contributed by atoms with E-state index >= 15 is 0 Å². The molecule has 3 aromatic rings. The molecule has 26 heavy (non-hydrogen) atoms. The number of hydrogen-bond acceptors (Lipinski definition) is 4. The molecule has 132 valence electrons. The summed E-state index contributed by atoms with van der Waals surface area (Å²) in [6.45, 7) is 6.07. The third kappa shape index (κ3) is 2.48. The number of rotatable bonds is 2. The van der Waals surface area contributed by atoms with Crippen LogP contribution in [-0.4, -0.2) is 37.1 Å². The number of aromatic nitrogens is 4. The highest BCUT2D eigenvalue weighted by Gasteiger charge is 2.29. The van der Waals surface area contributed by atoms with Crippen molar-refractivity contribution in [3.05, 3.63) is 52.7 Å². The Bertz CT molecular complexity index is 1030. The molecule has 0 unspecified atom stereocenters. The first-order valence-corrected chi connectivity index (χ1v) is 9.18. The van der Waals surface area contributed by atoms with E-state index in [4.69, 9.17) is 4.98 Å². The number of fused-ring (bicyclic) bond motifs is 2. The van der Waals surface area contributed by atoms with Crippen LogP contribution < -0.4 is 0 Å². The summed E-state index contributed by atoms with van der Waals surface area (Å²) in [4.78, 5) is 20.2. The molecule has 1 aliphatic carbocycles. The molecule has 0 radical (unpaired) electrons. The lowest BCUT2D eigenvalue weighted by atomic mass is 9.99. The predicted molar refractivity (Wildman–Crippen MR) is 98.0 cm³/mol. The molecule has 0 bridgehead atoms. The Morgan fingerprint density at radius 3 is 2.81 bits per heavy atom. The van der Waals surface area contributed by atoms with Crippen LogP contribution in [-0.2, 0) is 13.1 Å². The summed E-state index contributed by atoms with van der Waals surface area (Å²) in [5.74, 6) is 1.42. The van der Waals surface area contributed by atoms with E-state index in [0.717, 1.165) is 45.7 Å². The number of hydrogen-bond donors (Lipinski definition) is 0. The third-order valence-electron chi connectivity index (χ3n) is 5.42. The largest absolute Gasteiger partial charge is 0.329 e. The highest BCUT2D eigenvalue weighted by atomic mass is 16.2. The highest BCUT2D eigenvalue weighted by Crippen LogP contribution is 2.40. The fourth-order valence-corrected chi connectivity index (χ4v) is 3.88. The lowest BCUT2D eigenvalue weighted by molar-refractivity contribution is 0.0709. The van der Waals surface area contributed by atoms with E-state index in [1.54, 1.807) is 6.33 Å². The maximum absolute atomic E-state index is 13.4. The summed E-state index contributed by atoms with van der Waals surface area (Å²) in [5.41, 5.74) is 5.09. The molecule has 1 saturated carbocycles. The minimum Gasteiger partial charge on any atom is -0.329 e. The number of pyridine rings is 1. The van der Waals surface area contributed by atoms with Crippen molar-refractivity contribution in [2.75, 3.05) is 6.54 Å². The van der Waals surface area contributed by atoms with E-state index in [0.29, 0.717) is 19.0 Å². The fraction of sp³-hybridized carbons (Fsp3) is 0.400. The van der Waals surface area contributed by atoms with Crippen molar-refractivity contribution in [2.45, 2.75) is 45.7 Å². The van der Waals surface area contributed by atoms with Crippen LogP contribution in [0.25, 0.3) is 10.9 Å². The number of carbonyl (C=O) groups is 1. The van der Waals surface area contributed by atoms with Gasteiger partial charge in [-0.2, -0.15) is 0 Å². The van der Waals surface area contributed by atoms with Gasteiger partial charge in [0.15, 0.2) is 5.82 Å². The second-order valence-corrected chi connectivity index (χ2v) is 7.51. The third-order valence-corrected chi connectivity index (χ3v) is 5.42. The van der Waals surface area contributed by atoms with Crippen molar-refractivity contribution in [3.63, 3.8) is 0 Å². The van der Waals surface area contributed by atoms with Gasteiger partial charge in [-0.05, 0) is 44.4 Å². The van der Waals surface area contributed by atoms with Crippen LogP contribution in [0, 0.1) is 13.8 Å². The first kappa shape index (κ1) is 15.5.